The van der Waals surface area contributed by atoms with Gasteiger partial charge in [-0.3, -0.25) is 4.79 Å². The van der Waals surface area contributed by atoms with E-state index in [0.29, 0.717) is 12.1 Å². The molecule has 2 atom stereocenters. The summed E-state index contributed by atoms with van der Waals surface area (Å²) >= 11 is 0. The summed E-state index contributed by atoms with van der Waals surface area (Å²) in [6, 6.07) is 8.75. The highest BCUT2D eigenvalue weighted by molar-refractivity contribution is 5.94. The number of hydrogen-bond acceptors (Lipinski definition) is 3. The van der Waals surface area contributed by atoms with E-state index in [-0.39, 0.29) is 5.91 Å². The van der Waals surface area contributed by atoms with Gasteiger partial charge in [-0.25, -0.2) is 4.98 Å². The van der Waals surface area contributed by atoms with Crippen molar-refractivity contribution in [1.29, 1.82) is 0 Å². The van der Waals surface area contributed by atoms with E-state index in [9.17, 15) is 4.79 Å². The minimum atomic E-state index is 0.176. The third kappa shape index (κ3) is 2.73. The molecule has 5 nitrogen and oxygen atoms in total. The van der Waals surface area contributed by atoms with E-state index in [0.717, 1.165) is 37.2 Å². The molecule has 0 unspecified atom stereocenters. The minimum absolute atomic E-state index is 0.176. The number of carbonyl (C=O) groups excluding carboxylic acids is 1. The topological polar surface area (TPSA) is 41.4 Å². The molecule has 0 bridgehead atoms. The molecule has 1 aromatic carbocycles. The van der Waals surface area contributed by atoms with Crippen LogP contribution in [0.2, 0.25) is 0 Å². The van der Waals surface area contributed by atoms with Crippen LogP contribution in [0.3, 0.4) is 0 Å². The van der Waals surface area contributed by atoms with E-state index in [2.05, 4.69) is 21.8 Å². The van der Waals surface area contributed by atoms with E-state index in [1.165, 1.54) is 12.8 Å². The Labute approximate surface area is 142 Å². The summed E-state index contributed by atoms with van der Waals surface area (Å²) in [6.07, 6.45) is 10.1. The van der Waals surface area contributed by atoms with Crippen molar-refractivity contribution in [2.24, 2.45) is 0 Å². The molecule has 2 saturated heterocycles. The Morgan fingerprint density at radius 2 is 1.83 bits per heavy atom. The molecular weight excluding hydrogens is 300 g/mol. The average Bonchev–Trinajstić information content (AvgIpc) is 3.35. The van der Waals surface area contributed by atoms with E-state index in [4.69, 9.17) is 0 Å². The highest BCUT2D eigenvalue weighted by atomic mass is 16.2. The molecule has 126 valence electrons. The lowest BCUT2D eigenvalue weighted by Gasteiger charge is -2.33. The average molecular weight is 324 g/mol. The quantitative estimate of drug-likeness (QED) is 0.871. The Balaban J connectivity index is 1.52. The second-order valence-corrected chi connectivity index (χ2v) is 6.92. The van der Waals surface area contributed by atoms with Crippen LogP contribution in [0.4, 0.5) is 0 Å². The smallest absolute Gasteiger partial charge is 0.254 e. The first-order valence-corrected chi connectivity index (χ1v) is 8.83. The maximum atomic E-state index is 13.0. The van der Waals surface area contributed by atoms with Gasteiger partial charge in [0.2, 0.25) is 0 Å². The van der Waals surface area contributed by atoms with Crippen molar-refractivity contribution in [2.75, 3.05) is 20.1 Å². The van der Waals surface area contributed by atoms with Crippen molar-refractivity contribution < 1.29 is 4.79 Å². The number of carbonyl (C=O) groups is 1. The normalized spacial score (nSPS) is 24.6. The first kappa shape index (κ1) is 15.4. The van der Waals surface area contributed by atoms with Crippen LogP contribution in [-0.4, -0.2) is 57.5 Å². The van der Waals surface area contributed by atoms with Crippen LogP contribution >= 0.6 is 0 Å². The first-order chi connectivity index (χ1) is 11.7. The zero-order valence-corrected chi connectivity index (χ0v) is 14.1. The molecule has 3 heterocycles. The Morgan fingerprint density at radius 3 is 2.50 bits per heavy atom. The maximum Gasteiger partial charge on any atom is 0.254 e. The summed E-state index contributed by atoms with van der Waals surface area (Å²) in [5, 5.41) is 0. The van der Waals surface area contributed by atoms with Gasteiger partial charge >= 0.3 is 0 Å². The molecule has 2 aliphatic rings. The number of imidazole rings is 1. The molecule has 0 spiro atoms. The Kier molecular flexibility index (Phi) is 4.10. The van der Waals surface area contributed by atoms with E-state index >= 15 is 0 Å². The molecule has 24 heavy (non-hydrogen) atoms. The Bertz CT molecular complexity index is 695. The summed E-state index contributed by atoms with van der Waals surface area (Å²) in [5.41, 5.74) is 1.81. The number of hydrogen-bond donors (Lipinski definition) is 0. The third-order valence-corrected chi connectivity index (χ3v) is 5.50. The monoisotopic (exact) mass is 324 g/mol. The van der Waals surface area contributed by atoms with Crippen molar-refractivity contribution in [2.45, 2.75) is 37.8 Å². The second kappa shape index (κ2) is 6.40. The SMILES string of the molecule is CN1CCC[C@H]1[C@@H]1CCCN1C(=O)c1ccc(-n2ccnc2)cc1. The van der Waals surface area contributed by atoms with Crippen LogP contribution < -0.4 is 0 Å². The van der Waals surface area contributed by atoms with Gasteiger partial charge in [0, 0.05) is 42.3 Å². The van der Waals surface area contributed by atoms with E-state index in [1.54, 1.807) is 12.5 Å². The van der Waals surface area contributed by atoms with Crippen LogP contribution in [-0.2, 0) is 0 Å². The molecule has 4 rings (SSSR count). The molecule has 2 aliphatic heterocycles. The highest BCUT2D eigenvalue weighted by Crippen LogP contribution is 2.30. The molecule has 1 aromatic heterocycles. The van der Waals surface area contributed by atoms with Gasteiger partial charge in [0.1, 0.15) is 0 Å². The molecule has 2 aromatic rings. The lowest BCUT2D eigenvalue weighted by atomic mass is 10.0. The van der Waals surface area contributed by atoms with Crippen molar-refractivity contribution in [3.8, 4) is 5.69 Å². The molecule has 0 aliphatic carbocycles. The molecule has 1 amide bonds. The van der Waals surface area contributed by atoms with Gasteiger partial charge in [0.15, 0.2) is 0 Å². The number of amides is 1. The largest absolute Gasteiger partial charge is 0.334 e. The summed E-state index contributed by atoms with van der Waals surface area (Å²) in [4.78, 5) is 21.6. The van der Waals surface area contributed by atoms with Crippen LogP contribution in [0.5, 0.6) is 0 Å². The van der Waals surface area contributed by atoms with E-state index in [1.807, 2.05) is 35.0 Å². The summed E-state index contributed by atoms with van der Waals surface area (Å²) in [6.45, 7) is 2.04. The van der Waals surface area contributed by atoms with E-state index < -0.39 is 0 Å². The van der Waals surface area contributed by atoms with Crippen LogP contribution in [0, 0.1) is 0 Å². The maximum absolute atomic E-state index is 13.0. The highest BCUT2D eigenvalue weighted by Gasteiger charge is 2.38. The standard InChI is InChI=1S/C19H24N4O/c1-21-11-2-4-17(21)18-5-3-12-23(18)19(24)15-6-8-16(9-7-15)22-13-10-20-14-22/h6-10,13-14,17-18H,2-5,11-12H2,1H3/t17-,18-/m0/s1. The summed E-state index contributed by atoms with van der Waals surface area (Å²) in [7, 11) is 2.19. The Morgan fingerprint density at radius 1 is 1.08 bits per heavy atom. The molecule has 0 N–H and O–H groups in total. The van der Waals surface area contributed by atoms with Gasteiger partial charge in [-0.1, -0.05) is 0 Å². The summed E-state index contributed by atoms with van der Waals surface area (Å²) in [5.74, 6) is 0.176. The molecule has 5 heteroatoms. The first-order valence-electron chi connectivity index (χ1n) is 8.83. The molecule has 0 saturated carbocycles. The number of aromatic nitrogens is 2. The Hall–Kier alpha value is -2.14. The molecule has 0 radical (unpaired) electrons. The van der Waals surface area contributed by atoms with Crippen LogP contribution in [0.25, 0.3) is 5.69 Å². The number of benzene rings is 1. The predicted octanol–water partition coefficient (Wildman–Crippen LogP) is 2.57. The van der Waals surface area contributed by atoms with Crippen molar-refractivity contribution in [3.05, 3.63) is 48.5 Å². The third-order valence-electron chi connectivity index (χ3n) is 5.50. The zero-order chi connectivity index (χ0) is 16.5. The number of likely N-dealkylation sites (tertiary alicyclic amines) is 2. The molecular formula is C19H24N4O. The van der Waals surface area contributed by atoms with Gasteiger partial charge in [-0.15, -0.1) is 0 Å². The van der Waals surface area contributed by atoms with Crippen molar-refractivity contribution in [3.63, 3.8) is 0 Å². The fraction of sp³-hybridized carbons (Fsp3) is 0.474. The van der Waals surface area contributed by atoms with Gasteiger partial charge in [0.05, 0.1) is 6.33 Å². The lowest BCUT2D eigenvalue weighted by Crippen LogP contribution is -2.47. The van der Waals surface area contributed by atoms with Crippen molar-refractivity contribution >= 4 is 5.91 Å². The van der Waals surface area contributed by atoms with Crippen molar-refractivity contribution in [1.82, 2.24) is 19.4 Å². The van der Waals surface area contributed by atoms with Crippen LogP contribution in [0.1, 0.15) is 36.0 Å². The van der Waals surface area contributed by atoms with Gasteiger partial charge in [0.25, 0.3) is 5.91 Å². The number of rotatable bonds is 3. The lowest BCUT2D eigenvalue weighted by molar-refractivity contribution is 0.0664. The minimum Gasteiger partial charge on any atom is -0.334 e. The summed E-state index contributed by atoms with van der Waals surface area (Å²) < 4.78 is 1.94. The van der Waals surface area contributed by atoms with Crippen LogP contribution in [0.15, 0.2) is 43.0 Å². The van der Waals surface area contributed by atoms with Gasteiger partial charge in [-0.05, 0) is 63.5 Å². The number of nitrogens with zero attached hydrogens (tertiary/aromatic N) is 4. The number of likely N-dealkylation sites (N-methyl/N-ethyl adjacent to an activating group) is 1. The fourth-order valence-electron chi connectivity index (χ4n) is 4.22. The van der Waals surface area contributed by atoms with Gasteiger partial charge in [-0.2, -0.15) is 0 Å². The zero-order valence-electron chi connectivity index (χ0n) is 14.1. The fourth-order valence-corrected chi connectivity index (χ4v) is 4.22. The predicted molar refractivity (Wildman–Crippen MR) is 93.3 cm³/mol. The van der Waals surface area contributed by atoms with Gasteiger partial charge < -0.3 is 14.4 Å². The molecule has 2 fully saturated rings. The second-order valence-electron chi connectivity index (χ2n) is 6.92.